The zero-order valence-electron chi connectivity index (χ0n) is 11.7. The molecule has 0 fully saturated rings. The molecule has 3 amide bonds. The van der Waals surface area contributed by atoms with Crippen LogP contribution in [0.4, 0.5) is 0 Å². The van der Waals surface area contributed by atoms with E-state index < -0.39 is 0 Å². The molecule has 2 N–H and O–H groups in total. The van der Waals surface area contributed by atoms with Gasteiger partial charge in [-0.1, -0.05) is 19.2 Å². The Kier molecular flexibility index (Phi) is 9.29. The van der Waals surface area contributed by atoms with Gasteiger partial charge < -0.3 is 15.5 Å². The van der Waals surface area contributed by atoms with Crippen LogP contribution in [0.1, 0.15) is 6.92 Å². The summed E-state index contributed by atoms with van der Waals surface area (Å²) in [7, 11) is 0. The molecule has 0 aromatic heterocycles. The Labute approximate surface area is 119 Å². The van der Waals surface area contributed by atoms with Gasteiger partial charge in [-0.05, 0) is 25.2 Å². The number of allylic oxidation sites excluding steroid dienone is 1. The smallest absolute Gasteiger partial charge is 0.246 e. The molecule has 0 saturated heterocycles. The van der Waals surface area contributed by atoms with Gasteiger partial charge in [-0.15, -0.1) is 0 Å². The third kappa shape index (κ3) is 7.86. The summed E-state index contributed by atoms with van der Waals surface area (Å²) in [6.45, 7) is 9.83. The predicted octanol–water partition coefficient (Wildman–Crippen LogP) is -0.00450. The monoisotopic (exact) mass is 279 g/mol. The highest BCUT2D eigenvalue weighted by Crippen LogP contribution is 1.90. The van der Waals surface area contributed by atoms with Gasteiger partial charge in [-0.2, -0.15) is 0 Å². The van der Waals surface area contributed by atoms with Crippen LogP contribution >= 0.6 is 0 Å². The molecular formula is C14H21N3O3. The molecule has 0 aromatic rings. The first-order valence-corrected chi connectivity index (χ1v) is 6.27. The van der Waals surface area contributed by atoms with E-state index in [2.05, 4.69) is 23.8 Å². The first-order valence-electron chi connectivity index (χ1n) is 6.27. The molecule has 0 aliphatic rings. The fraction of sp³-hybridized carbons (Fsp3) is 0.357. The van der Waals surface area contributed by atoms with Gasteiger partial charge in [0.2, 0.25) is 17.7 Å². The van der Waals surface area contributed by atoms with Crippen molar-refractivity contribution in [3.8, 4) is 0 Å². The first-order chi connectivity index (χ1) is 9.54. The lowest BCUT2D eigenvalue weighted by atomic mass is 10.4. The molecule has 0 aromatic carbocycles. The van der Waals surface area contributed by atoms with E-state index in [0.29, 0.717) is 26.2 Å². The van der Waals surface area contributed by atoms with Gasteiger partial charge >= 0.3 is 0 Å². The van der Waals surface area contributed by atoms with Gasteiger partial charge in [-0.25, -0.2) is 0 Å². The van der Waals surface area contributed by atoms with Crippen LogP contribution in [0.5, 0.6) is 0 Å². The van der Waals surface area contributed by atoms with E-state index in [9.17, 15) is 14.4 Å². The normalized spacial score (nSPS) is 9.85. The second-order valence-electron chi connectivity index (χ2n) is 3.82. The van der Waals surface area contributed by atoms with Gasteiger partial charge in [0, 0.05) is 26.2 Å². The number of amides is 3. The lowest BCUT2D eigenvalue weighted by Gasteiger charge is -2.21. The summed E-state index contributed by atoms with van der Waals surface area (Å²) in [5, 5.41) is 5.22. The number of nitrogens with zero attached hydrogens (tertiary/aromatic N) is 1. The summed E-state index contributed by atoms with van der Waals surface area (Å²) in [6, 6.07) is 0. The van der Waals surface area contributed by atoms with E-state index in [4.69, 9.17) is 0 Å². The van der Waals surface area contributed by atoms with E-state index in [-0.39, 0.29) is 17.7 Å². The van der Waals surface area contributed by atoms with Crippen LogP contribution in [0, 0.1) is 0 Å². The van der Waals surface area contributed by atoms with Crippen molar-refractivity contribution in [3.05, 3.63) is 37.5 Å². The topological polar surface area (TPSA) is 78.5 Å². The summed E-state index contributed by atoms with van der Waals surface area (Å²) in [5.41, 5.74) is 0. The maximum Gasteiger partial charge on any atom is 0.246 e. The van der Waals surface area contributed by atoms with Crippen LogP contribution < -0.4 is 10.6 Å². The van der Waals surface area contributed by atoms with E-state index >= 15 is 0 Å². The average Bonchev–Trinajstić information content (AvgIpc) is 2.44. The largest absolute Gasteiger partial charge is 0.351 e. The van der Waals surface area contributed by atoms with Crippen LogP contribution in [0.25, 0.3) is 0 Å². The predicted molar refractivity (Wildman–Crippen MR) is 77.8 cm³/mol. The second kappa shape index (κ2) is 10.5. The minimum atomic E-state index is -0.294. The van der Waals surface area contributed by atoms with Crippen LogP contribution in [0.15, 0.2) is 37.5 Å². The Morgan fingerprint density at radius 1 is 1.00 bits per heavy atom. The van der Waals surface area contributed by atoms with Crippen molar-refractivity contribution in [1.82, 2.24) is 15.5 Å². The van der Waals surface area contributed by atoms with Crippen LogP contribution in [0.3, 0.4) is 0 Å². The molecular weight excluding hydrogens is 258 g/mol. The number of carbonyl (C=O) groups excluding carboxylic acids is 3. The number of nitrogens with one attached hydrogen (secondary N) is 2. The van der Waals surface area contributed by atoms with Crippen LogP contribution in [0.2, 0.25) is 0 Å². The lowest BCUT2D eigenvalue weighted by molar-refractivity contribution is -0.127. The number of hydrogen-bond donors (Lipinski definition) is 2. The summed E-state index contributed by atoms with van der Waals surface area (Å²) in [6.07, 6.45) is 5.40. The summed E-state index contributed by atoms with van der Waals surface area (Å²) < 4.78 is 0. The van der Waals surface area contributed by atoms with Crippen LogP contribution in [-0.4, -0.2) is 48.8 Å². The highest BCUT2D eigenvalue weighted by molar-refractivity contribution is 5.88. The third-order valence-corrected chi connectivity index (χ3v) is 2.35. The molecule has 0 saturated carbocycles. The molecule has 0 radical (unpaired) electrons. The summed E-state index contributed by atoms with van der Waals surface area (Å²) >= 11 is 0. The molecule has 110 valence electrons. The maximum absolute atomic E-state index is 11.6. The Bertz CT molecular complexity index is 402. The second-order valence-corrected chi connectivity index (χ2v) is 3.82. The standard InChI is InChI=1S/C14H21N3O3/c1-4-7-13(19)16-9-11-17(14(20)6-3)10-8-15-12(18)5-2/h4-7H,2-3,8-11H2,1H3,(H,15,18)(H,16,19)/b7-4+. The summed E-state index contributed by atoms with van der Waals surface area (Å²) in [4.78, 5) is 35.3. The zero-order valence-corrected chi connectivity index (χ0v) is 11.7. The highest BCUT2D eigenvalue weighted by atomic mass is 16.2. The molecule has 0 rings (SSSR count). The Balaban J connectivity index is 4.18. The molecule has 0 bridgehead atoms. The van der Waals surface area contributed by atoms with Crippen molar-refractivity contribution in [1.29, 1.82) is 0 Å². The fourth-order valence-electron chi connectivity index (χ4n) is 1.37. The first kappa shape index (κ1) is 17.6. The highest BCUT2D eigenvalue weighted by Gasteiger charge is 2.10. The molecule has 6 heteroatoms. The Morgan fingerprint density at radius 2 is 1.55 bits per heavy atom. The molecule has 0 heterocycles. The van der Waals surface area contributed by atoms with Crippen molar-refractivity contribution in [2.75, 3.05) is 26.2 Å². The van der Waals surface area contributed by atoms with Crippen molar-refractivity contribution in [2.45, 2.75) is 6.92 Å². The van der Waals surface area contributed by atoms with E-state index in [1.165, 1.54) is 17.1 Å². The minimum absolute atomic E-state index is 0.210. The van der Waals surface area contributed by atoms with Crippen molar-refractivity contribution < 1.29 is 14.4 Å². The van der Waals surface area contributed by atoms with Crippen molar-refractivity contribution in [3.63, 3.8) is 0 Å². The Morgan fingerprint density at radius 3 is 2.00 bits per heavy atom. The molecule has 0 spiro atoms. The molecule has 6 nitrogen and oxygen atoms in total. The zero-order chi connectivity index (χ0) is 15.4. The van der Waals surface area contributed by atoms with Gasteiger partial charge in [0.1, 0.15) is 0 Å². The number of rotatable bonds is 9. The molecule has 0 aliphatic carbocycles. The van der Waals surface area contributed by atoms with Gasteiger partial charge in [0.25, 0.3) is 0 Å². The van der Waals surface area contributed by atoms with Gasteiger partial charge in [0.05, 0.1) is 0 Å². The van der Waals surface area contributed by atoms with Gasteiger partial charge in [-0.3, -0.25) is 14.4 Å². The molecule has 0 aliphatic heterocycles. The quantitative estimate of drug-likeness (QED) is 0.583. The van der Waals surface area contributed by atoms with E-state index in [1.54, 1.807) is 13.0 Å². The fourth-order valence-corrected chi connectivity index (χ4v) is 1.37. The number of carbonyl (C=O) groups is 3. The molecule has 0 atom stereocenters. The Hall–Kier alpha value is -2.37. The third-order valence-electron chi connectivity index (χ3n) is 2.35. The summed E-state index contributed by atoms with van der Waals surface area (Å²) in [5.74, 6) is -0.756. The number of hydrogen-bond acceptors (Lipinski definition) is 3. The molecule has 0 unspecified atom stereocenters. The molecule has 20 heavy (non-hydrogen) atoms. The lowest BCUT2D eigenvalue weighted by Crippen LogP contribution is -2.41. The average molecular weight is 279 g/mol. The van der Waals surface area contributed by atoms with E-state index in [0.717, 1.165) is 6.08 Å². The van der Waals surface area contributed by atoms with Crippen molar-refractivity contribution in [2.24, 2.45) is 0 Å². The maximum atomic E-state index is 11.6. The van der Waals surface area contributed by atoms with Crippen molar-refractivity contribution >= 4 is 17.7 Å². The van der Waals surface area contributed by atoms with Gasteiger partial charge in [0.15, 0.2) is 0 Å². The van der Waals surface area contributed by atoms with Crippen LogP contribution in [-0.2, 0) is 14.4 Å². The SMILES string of the molecule is C=CC(=O)NCCN(CCNC(=O)/C=C/C)C(=O)C=C. The minimum Gasteiger partial charge on any atom is -0.351 e. The van der Waals surface area contributed by atoms with E-state index in [1.807, 2.05) is 0 Å².